The molecule has 2 aromatic carbocycles. The number of carbonyl (C=O) groups is 1. The highest BCUT2D eigenvalue weighted by atomic mass is 16.5. The molecule has 2 heterocycles. The summed E-state index contributed by atoms with van der Waals surface area (Å²) in [5.74, 6) is 0.767. The maximum Gasteiger partial charge on any atom is 0.288 e. The SMILES string of the molecule is COc1ccc(-n2c(=O)c(C(=O)NCc3cccc(OC)c3)nc3cccnc32)cc1. The van der Waals surface area contributed by atoms with E-state index in [2.05, 4.69) is 15.3 Å². The molecule has 0 aliphatic rings. The Morgan fingerprint density at radius 2 is 1.77 bits per heavy atom. The van der Waals surface area contributed by atoms with E-state index in [0.717, 1.165) is 5.56 Å². The molecule has 0 fully saturated rings. The molecule has 0 aliphatic heterocycles. The van der Waals surface area contributed by atoms with Gasteiger partial charge in [0, 0.05) is 12.7 Å². The Morgan fingerprint density at radius 3 is 2.52 bits per heavy atom. The van der Waals surface area contributed by atoms with Gasteiger partial charge < -0.3 is 14.8 Å². The number of nitrogens with one attached hydrogen (secondary N) is 1. The van der Waals surface area contributed by atoms with Crippen LogP contribution in [0.5, 0.6) is 11.5 Å². The number of fused-ring (bicyclic) bond motifs is 1. The van der Waals surface area contributed by atoms with Gasteiger partial charge in [-0.1, -0.05) is 12.1 Å². The fourth-order valence-corrected chi connectivity index (χ4v) is 3.19. The molecule has 0 saturated carbocycles. The van der Waals surface area contributed by atoms with E-state index in [-0.39, 0.29) is 12.2 Å². The number of aromatic nitrogens is 3. The molecule has 0 atom stereocenters. The van der Waals surface area contributed by atoms with E-state index in [1.54, 1.807) is 56.8 Å². The second kappa shape index (κ2) is 8.66. The summed E-state index contributed by atoms with van der Waals surface area (Å²) >= 11 is 0. The fraction of sp³-hybridized carbons (Fsp3) is 0.130. The van der Waals surface area contributed by atoms with Gasteiger partial charge in [-0.25, -0.2) is 9.97 Å². The molecule has 0 aliphatic carbocycles. The van der Waals surface area contributed by atoms with Crippen LogP contribution in [-0.4, -0.2) is 34.7 Å². The van der Waals surface area contributed by atoms with Crippen LogP contribution in [0.2, 0.25) is 0 Å². The first-order chi connectivity index (χ1) is 15.1. The van der Waals surface area contributed by atoms with Crippen LogP contribution >= 0.6 is 0 Å². The van der Waals surface area contributed by atoms with Crippen LogP contribution < -0.4 is 20.3 Å². The largest absolute Gasteiger partial charge is 0.497 e. The number of hydrogen-bond donors (Lipinski definition) is 1. The quantitative estimate of drug-likeness (QED) is 0.519. The predicted octanol–water partition coefficient (Wildman–Crippen LogP) is 2.73. The van der Waals surface area contributed by atoms with Gasteiger partial charge in [0.05, 0.1) is 19.9 Å². The summed E-state index contributed by atoms with van der Waals surface area (Å²) in [6, 6.07) is 17.7. The lowest BCUT2D eigenvalue weighted by molar-refractivity contribution is 0.0944. The number of carbonyl (C=O) groups excluding carboxylic acids is 1. The first kappa shape index (κ1) is 20.1. The van der Waals surface area contributed by atoms with Gasteiger partial charge in [0.25, 0.3) is 11.5 Å². The van der Waals surface area contributed by atoms with Crippen LogP contribution in [0.3, 0.4) is 0 Å². The maximum atomic E-state index is 13.2. The third kappa shape index (κ3) is 4.09. The first-order valence-corrected chi connectivity index (χ1v) is 9.54. The fourth-order valence-electron chi connectivity index (χ4n) is 3.19. The van der Waals surface area contributed by atoms with Crippen molar-refractivity contribution < 1.29 is 14.3 Å². The minimum absolute atomic E-state index is 0.209. The number of benzene rings is 2. The van der Waals surface area contributed by atoms with Crippen molar-refractivity contribution >= 4 is 17.1 Å². The number of nitrogens with zero attached hydrogens (tertiary/aromatic N) is 3. The summed E-state index contributed by atoms with van der Waals surface area (Å²) in [6.07, 6.45) is 1.58. The van der Waals surface area contributed by atoms with E-state index in [4.69, 9.17) is 9.47 Å². The highest BCUT2D eigenvalue weighted by Gasteiger charge is 2.19. The molecule has 8 nitrogen and oxygen atoms in total. The summed E-state index contributed by atoms with van der Waals surface area (Å²) in [6.45, 7) is 0.227. The minimum atomic E-state index is -0.569. The summed E-state index contributed by atoms with van der Waals surface area (Å²) in [7, 11) is 3.14. The molecule has 4 rings (SSSR count). The van der Waals surface area contributed by atoms with Gasteiger partial charge in [0.15, 0.2) is 11.3 Å². The van der Waals surface area contributed by atoms with E-state index in [9.17, 15) is 9.59 Å². The molecular weight excluding hydrogens is 396 g/mol. The highest BCUT2D eigenvalue weighted by molar-refractivity contribution is 5.93. The van der Waals surface area contributed by atoms with Gasteiger partial charge in [-0.2, -0.15) is 0 Å². The molecule has 0 bridgehead atoms. The second-order valence-corrected chi connectivity index (χ2v) is 6.68. The van der Waals surface area contributed by atoms with Crippen molar-refractivity contribution in [3.8, 4) is 17.2 Å². The standard InChI is InChI=1S/C23H20N4O4/c1-30-17-10-8-16(9-11-17)27-21-19(7-4-12-24-21)26-20(23(27)29)22(28)25-14-15-5-3-6-18(13-15)31-2/h3-13H,14H2,1-2H3,(H,25,28). The van der Waals surface area contributed by atoms with Crippen molar-refractivity contribution in [1.29, 1.82) is 0 Å². The van der Waals surface area contributed by atoms with Gasteiger partial charge in [0.2, 0.25) is 0 Å². The Bertz CT molecular complexity index is 1300. The van der Waals surface area contributed by atoms with Crippen LogP contribution in [0.25, 0.3) is 16.9 Å². The van der Waals surface area contributed by atoms with Crippen LogP contribution in [0.4, 0.5) is 0 Å². The zero-order chi connectivity index (χ0) is 21.8. The Balaban J connectivity index is 1.73. The molecule has 0 unspecified atom stereocenters. The predicted molar refractivity (Wildman–Crippen MR) is 116 cm³/mol. The summed E-state index contributed by atoms with van der Waals surface area (Å²) in [5, 5.41) is 2.76. The normalized spacial score (nSPS) is 10.6. The molecule has 1 N–H and O–H groups in total. The second-order valence-electron chi connectivity index (χ2n) is 6.68. The summed E-state index contributed by atoms with van der Waals surface area (Å²) < 4.78 is 11.8. The van der Waals surface area contributed by atoms with Crippen molar-refractivity contribution in [3.05, 3.63) is 88.5 Å². The average Bonchev–Trinajstić information content (AvgIpc) is 2.82. The topological polar surface area (TPSA) is 95.3 Å². The van der Waals surface area contributed by atoms with Crippen molar-refractivity contribution in [1.82, 2.24) is 19.9 Å². The molecule has 31 heavy (non-hydrogen) atoms. The molecule has 2 aromatic heterocycles. The van der Waals surface area contributed by atoms with E-state index < -0.39 is 11.5 Å². The van der Waals surface area contributed by atoms with Crippen LogP contribution in [0.15, 0.2) is 71.7 Å². The Kier molecular flexibility index (Phi) is 5.61. The Morgan fingerprint density at radius 1 is 1.00 bits per heavy atom. The summed E-state index contributed by atoms with van der Waals surface area (Å²) in [5.41, 5.74) is 1.43. The molecule has 0 spiro atoms. The lowest BCUT2D eigenvalue weighted by Crippen LogP contribution is -2.34. The number of hydrogen-bond acceptors (Lipinski definition) is 6. The van der Waals surface area contributed by atoms with Crippen molar-refractivity contribution in [2.75, 3.05) is 14.2 Å². The van der Waals surface area contributed by atoms with Gasteiger partial charge in [0.1, 0.15) is 17.0 Å². The lowest BCUT2D eigenvalue weighted by atomic mass is 10.2. The van der Waals surface area contributed by atoms with E-state index in [1.165, 1.54) is 4.57 Å². The van der Waals surface area contributed by atoms with Gasteiger partial charge in [-0.05, 0) is 54.1 Å². The van der Waals surface area contributed by atoms with E-state index >= 15 is 0 Å². The molecule has 1 amide bonds. The molecule has 0 saturated heterocycles. The smallest absolute Gasteiger partial charge is 0.288 e. The monoisotopic (exact) mass is 416 g/mol. The zero-order valence-corrected chi connectivity index (χ0v) is 17.0. The Hall–Kier alpha value is -4.20. The van der Waals surface area contributed by atoms with E-state index in [1.807, 2.05) is 24.3 Å². The maximum absolute atomic E-state index is 13.2. The van der Waals surface area contributed by atoms with Crippen molar-refractivity contribution in [2.45, 2.75) is 6.54 Å². The highest BCUT2D eigenvalue weighted by Crippen LogP contribution is 2.17. The molecule has 156 valence electrons. The first-order valence-electron chi connectivity index (χ1n) is 9.54. The van der Waals surface area contributed by atoms with Crippen LogP contribution in [-0.2, 0) is 6.54 Å². The number of amides is 1. The zero-order valence-electron chi connectivity index (χ0n) is 17.0. The molecule has 8 heteroatoms. The van der Waals surface area contributed by atoms with Crippen LogP contribution in [0.1, 0.15) is 16.1 Å². The average molecular weight is 416 g/mol. The van der Waals surface area contributed by atoms with Gasteiger partial charge in [-0.3, -0.25) is 14.2 Å². The number of methoxy groups -OCH3 is 2. The third-order valence-corrected chi connectivity index (χ3v) is 4.75. The minimum Gasteiger partial charge on any atom is -0.497 e. The molecule has 4 aromatic rings. The van der Waals surface area contributed by atoms with Gasteiger partial charge >= 0.3 is 0 Å². The van der Waals surface area contributed by atoms with Crippen molar-refractivity contribution in [2.24, 2.45) is 0 Å². The molecular formula is C23H20N4O4. The Labute approximate surface area is 178 Å². The van der Waals surface area contributed by atoms with Crippen molar-refractivity contribution in [3.63, 3.8) is 0 Å². The van der Waals surface area contributed by atoms with Crippen LogP contribution in [0, 0.1) is 0 Å². The molecule has 0 radical (unpaired) electrons. The third-order valence-electron chi connectivity index (χ3n) is 4.75. The number of rotatable bonds is 6. The lowest BCUT2D eigenvalue weighted by Gasteiger charge is -2.12. The summed E-state index contributed by atoms with van der Waals surface area (Å²) in [4.78, 5) is 34.7. The van der Waals surface area contributed by atoms with Gasteiger partial charge in [-0.15, -0.1) is 0 Å². The number of pyridine rings is 1. The number of ether oxygens (including phenoxy) is 2. The van der Waals surface area contributed by atoms with E-state index in [0.29, 0.717) is 28.4 Å².